The van der Waals surface area contributed by atoms with Gasteiger partial charge in [-0.15, -0.1) is 0 Å². The van der Waals surface area contributed by atoms with Crippen LogP contribution in [0.5, 0.6) is 0 Å². The van der Waals surface area contributed by atoms with Gasteiger partial charge >= 0.3 is 0 Å². The Balaban J connectivity index is 1.43. The van der Waals surface area contributed by atoms with Crippen molar-refractivity contribution in [3.63, 3.8) is 0 Å². The zero-order valence-electron chi connectivity index (χ0n) is 14.5. The number of nitrogens with zero attached hydrogens (tertiary/aromatic N) is 2. The molecule has 2 fully saturated rings. The molecule has 1 aromatic carbocycles. The van der Waals surface area contributed by atoms with E-state index in [0.29, 0.717) is 11.6 Å². The third-order valence-electron chi connectivity index (χ3n) is 5.36. The molecule has 24 heavy (non-hydrogen) atoms. The lowest BCUT2D eigenvalue weighted by Gasteiger charge is -2.37. The van der Waals surface area contributed by atoms with E-state index in [9.17, 15) is 4.79 Å². The lowest BCUT2D eigenvalue weighted by molar-refractivity contribution is -0.123. The summed E-state index contributed by atoms with van der Waals surface area (Å²) in [6.45, 7) is 6.63. The van der Waals surface area contributed by atoms with E-state index in [4.69, 9.17) is 11.6 Å². The first kappa shape index (κ1) is 17.7. The molecule has 1 saturated heterocycles. The van der Waals surface area contributed by atoms with Crippen LogP contribution in [0.3, 0.4) is 0 Å². The van der Waals surface area contributed by atoms with Crippen molar-refractivity contribution in [2.24, 2.45) is 0 Å². The molecule has 1 amide bonds. The number of rotatable bonds is 5. The Hall–Kier alpha value is -1.10. The van der Waals surface area contributed by atoms with Crippen LogP contribution < -0.4 is 5.32 Å². The Morgan fingerprint density at radius 1 is 1.21 bits per heavy atom. The monoisotopic (exact) mass is 349 g/mol. The van der Waals surface area contributed by atoms with Crippen LogP contribution >= 0.6 is 11.6 Å². The average Bonchev–Trinajstić information content (AvgIpc) is 3.10. The van der Waals surface area contributed by atoms with Gasteiger partial charge in [0.15, 0.2) is 0 Å². The summed E-state index contributed by atoms with van der Waals surface area (Å²) in [6, 6.07) is 8.42. The lowest BCUT2D eigenvalue weighted by Crippen LogP contribution is -2.51. The summed E-state index contributed by atoms with van der Waals surface area (Å²) in [4.78, 5) is 17.2. The molecule has 132 valence electrons. The number of carbonyl (C=O) groups is 1. The summed E-state index contributed by atoms with van der Waals surface area (Å²) >= 11 is 6.21. The fraction of sp³-hybridized carbons (Fsp3) is 0.632. The van der Waals surface area contributed by atoms with Crippen molar-refractivity contribution in [3.8, 4) is 0 Å². The average molecular weight is 350 g/mol. The molecule has 1 unspecified atom stereocenters. The van der Waals surface area contributed by atoms with Gasteiger partial charge in [-0.3, -0.25) is 14.6 Å². The molecule has 1 aliphatic heterocycles. The van der Waals surface area contributed by atoms with Crippen LogP contribution in [0.25, 0.3) is 0 Å². The summed E-state index contributed by atoms with van der Waals surface area (Å²) in [7, 11) is 0. The van der Waals surface area contributed by atoms with Crippen LogP contribution in [0, 0.1) is 0 Å². The number of benzene rings is 1. The number of carbonyl (C=O) groups excluding carboxylic acids is 1. The topological polar surface area (TPSA) is 35.6 Å². The Kier molecular flexibility index (Phi) is 6.14. The highest BCUT2D eigenvalue weighted by Crippen LogP contribution is 2.24. The van der Waals surface area contributed by atoms with E-state index in [1.165, 1.54) is 25.7 Å². The van der Waals surface area contributed by atoms with Crippen molar-refractivity contribution in [2.75, 3.05) is 32.7 Å². The van der Waals surface area contributed by atoms with Crippen LogP contribution in [-0.4, -0.2) is 54.5 Å². The minimum Gasteiger partial charge on any atom is -0.348 e. The second-order valence-corrected chi connectivity index (χ2v) is 7.47. The van der Waals surface area contributed by atoms with Gasteiger partial charge in [-0.05, 0) is 31.4 Å². The van der Waals surface area contributed by atoms with Crippen molar-refractivity contribution in [3.05, 3.63) is 34.9 Å². The van der Waals surface area contributed by atoms with E-state index in [-0.39, 0.29) is 11.9 Å². The summed E-state index contributed by atoms with van der Waals surface area (Å²) in [5.41, 5.74) is 0.971. The minimum absolute atomic E-state index is 0.0639. The molecule has 0 spiro atoms. The second kappa shape index (κ2) is 8.32. The number of hydrogen-bond acceptors (Lipinski definition) is 3. The van der Waals surface area contributed by atoms with Crippen LogP contribution in [-0.2, 0) is 4.79 Å². The van der Waals surface area contributed by atoms with Gasteiger partial charge in [0, 0.05) is 37.2 Å². The van der Waals surface area contributed by atoms with Crippen molar-refractivity contribution >= 4 is 17.5 Å². The molecular weight excluding hydrogens is 322 g/mol. The van der Waals surface area contributed by atoms with Gasteiger partial charge in [0.05, 0.1) is 12.6 Å². The van der Waals surface area contributed by atoms with E-state index in [1.54, 1.807) is 0 Å². The van der Waals surface area contributed by atoms with E-state index < -0.39 is 0 Å². The summed E-state index contributed by atoms with van der Waals surface area (Å²) in [5.74, 6) is 0.0803. The Labute approximate surface area is 150 Å². The van der Waals surface area contributed by atoms with Crippen molar-refractivity contribution in [1.82, 2.24) is 15.1 Å². The van der Waals surface area contributed by atoms with Gasteiger partial charge in [0.25, 0.3) is 0 Å². The number of hydrogen-bond donors (Lipinski definition) is 1. The van der Waals surface area contributed by atoms with Crippen molar-refractivity contribution in [1.29, 1.82) is 0 Å². The Bertz CT molecular complexity index is 551. The van der Waals surface area contributed by atoms with Crippen LogP contribution in [0.4, 0.5) is 0 Å². The van der Waals surface area contributed by atoms with Gasteiger partial charge in [-0.2, -0.15) is 0 Å². The zero-order chi connectivity index (χ0) is 16.9. The summed E-state index contributed by atoms with van der Waals surface area (Å²) in [6.07, 6.45) is 5.48. The van der Waals surface area contributed by atoms with Gasteiger partial charge in [0.2, 0.25) is 5.91 Å². The third kappa shape index (κ3) is 4.50. The maximum atomic E-state index is 12.3. The van der Waals surface area contributed by atoms with Crippen LogP contribution in [0.2, 0.25) is 5.02 Å². The SMILES string of the molecule is CC(NC(=O)CN1CCN(C2CCCC2)CC1)c1ccccc1Cl. The van der Waals surface area contributed by atoms with E-state index in [0.717, 1.165) is 37.8 Å². The quantitative estimate of drug-likeness (QED) is 0.887. The molecule has 1 N–H and O–H groups in total. The molecule has 0 bridgehead atoms. The molecular formula is C19H28ClN3O. The van der Waals surface area contributed by atoms with Gasteiger partial charge in [-0.25, -0.2) is 0 Å². The van der Waals surface area contributed by atoms with Gasteiger partial charge in [-0.1, -0.05) is 42.6 Å². The molecule has 2 aliphatic rings. The molecule has 0 aromatic heterocycles. The second-order valence-electron chi connectivity index (χ2n) is 7.06. The maximum absolute atomic E-state index is 12.3. The highest BCUT2D eigenvalue weighted by atomic mass is 35.5. The number of piperazine rings is 1. The minimum atomic E-state index is -0.0639. The zero-order valence-corrected chi connectivity index (χ0v) is 15.3. The predicted molar refractivity (Wildman–Crippen MR) is 98.3 cm³/mol. The molecule has 1 aromatic rings. The van der Waals surface area contributed by atoms with Gasteiger partial charge < -0.3 is 5.32 Å². The van der Waals surface area contributed by atoms with E-state index in [1.807, 2.05) is 31.2 Å². The molecule has 3 rings (SSSR count). The predicted octanol–water partition coefficient (Wildman–Crippen LogP) is 3.08. The Morgan fingerprint density at radius 3 is 2.54 bits per heavy atom. The third-order valence-corrected chi connectivity index (χ3v) is 5.71. The molecule has 4 nitrogen and oxygen atoms in total. The van der Waals surface area contributed by atoms with Crippen molar-refractivity contribution in [2.45, 2.75) is 44.7 Å². The number of amides is 1. The standard InChI is InChI=1S/C19H28ClN3O/c1-15(17-8-4-5-9-18(17)20)21-19(24)14-22-10-12-23(13-11-22)16-6-2-3-7-16/h4-5,8-9,15-16H,2-3,6-7,10-14H2,1H3,(H,21,24). The molecule has 1 saturated carbocycles. The lowest BCUT2D eigenvalue weighted by atomic mass is 10.1. The van der Waals surface area contributed by atoms with Crippen molar-refractivity contribution < 1.29 is 4.79 Å². The smallest absolute Gasteiger partial charge is 0.234 e. The van der Waals surface area contributed by atoms with E-state index >= 15 is 0 Å². The van der Waals surface area contributed by atoms with Crippen LogP contribution in [0.15, 0.2) is 24.3 Å². The molecule has 1 atom stereocenters. The first-order valence-corrected chi connectivity index (χ1v) is 9.51. The highest BCUT2D eigenvalue weighted by Gasteiger charge is 2.26. The molecule has 0 radical (unpaired) electrons. The fourth-order valence-corrected chi connectivity index (χ4v) is 4.25. The highest BCUT2D eigenvalue weighted by molar-refractivity contribution is 6.31. The number of halogens is 1. The number of nitrogens with one attached hydrogen (secondary N) is 1. The molecule has 1 heterocycles. The first-order valence-electron chi connectivity index (χ1n) is 9.13. The molecule has 1 aliphatic carbocycles. The van der Waals surface area contributed by atoms with E-state index in [2.05, 4.69) is 15.1 Å². The molecule has 5 heteroatoms. The largest absolute Gasteiger partial charge is 0.348 e. The van der Waals surface area contributed by atoms with Crippen LogP contribution in [0.1, 0.15) is 44.2 Å². The summed E-state index contributed by atoms with van der Waals surface area (Å²) in [5, 5.41) is 3.78. The normalized spacial score (nSPS) is 21.8. The fourth-order valence-electron chi connectivity index (χ4n) is 3.95. The van der Waals surface area contributed by atoms with Gasteiger partial charge in [0.1, 0.15) is 0 Å². The Morgan fingerprint density at radius 2 is 1.88 bits per heavy atom. The first-order chi connectivity index (χ1) is 11.6. The summed E-state index contributed by atoms with van der Waals surface area (Å²) < 4.78 is 0. The maximum Gasteiger partial charge on any atom is 0.234 e.